The van der Waals surface area contributed by atoms with Crippen molar-refractivity contribution in [1.82, 2.24) is 0 Å². The normalized spacial score (nSPS) is 19.8. The van der Waals surface area contributed by atoms with Gasteiger partial charge in [0.15, 0.2) is 0 Å². The van der Waals surface area contributed by atoms with Crippen molar-refractivity contribution in [2.75, 3.05) is 26.4 Å². The van der Waals surface area contributed by atoms with E-state index in [4.69, 9.17) is 30.5 Å². The lowest BCUT2D eigenvalue weighted by atomic mass is 9.82. The Morgan fingerprint density at radius 3 is 2.03 bits per heavy atom. The molecule has 0 amide bonds. The van der Waals surface area contributed by atoms with E-state index >= 15 is 0 Å². The van der Waals surface area contributed by atoms with Crippen LogP contribution in [0.15, 0.2) is 42.5 Å². The number of rotatable bonds is 10. The molecular formula is C28H31ClO6. The molecule has 0 heterocycles. The second-order valence-corrected chi connectivity index (χ2v) is 9.89. The lowest BCUT2D eigenvalue weighted by Crippen LogP contribution is -2.17. The number of carbonyl (C=O) groups excluding carboxylic acids is 2. The highest BCUT2D eigenvalue weighted by Crippen LogP contribution is 2.63. The van der Waals surface area contributed by atoms with E-state index in [2.05, 4.69) is 20.1 Å². The van der Waals surface area contributed by atoms with Crippen molar-refractivity contribution in [2.24, 2.45) is 5.92 Å². The summed E-state index contributed by atoms with van der Waals surface area (Å²) in [5, 5.41) is 2.35. The van der Waals surface area contributed by atoms with Crippen LogP contribution in [-0.4, -0.2) is 38.4 Å². The Hall–Kier alpha value is -2.99. The van der Waals surface area contributed by atoms with Crippen LogP contribution in [0.5, 0.6) is 11.5 Å². The summed E-state index contributed by atoms with van der Waals surface area (Å²) < 4.78 is 23.0. The number of benzene rings is 2. The molecule has 186 valence electrons. The molecule has 2 bridgehead atoms. The molecule has 2 aliphatic rings. The fraction of sp³-hybridized carbons (Fsp3) is 0.429. The van der Waals surface area contributed by atoms with Gasteiger partial charge in [-0.05, 0) is 62.6 Å². The standard InChI is InChI=1S/C28H31ClO6/c1-15(2)27(30)34-10-8-32-25-20-7-6-19(29)14-22(20)26(33-9-11-35-28(31)16(3)4)23-18-12-17(5)21(13-18)24(23)25/h6-7,14,17-18,21H,1,3,8-13H2,2,4-5H3. The number of halogens is 1. The molecule has 1 saturated carbocycles. The van der Waals surface area contributed by atoms with E-state index in [9.17, 15) is 9.59 Å². The van der Waals surface area contributed by atoms with Crippen molar-refractivity contribution in [3.8, 4) is 11.5 Å². The van der Waals surface area contributed by atoms with E-state index in [0.717, 1.165) is 40.7 Å². The summed E-state index contributed by atoms with van der Waals surface area (Å²) in [4.78, 5) is 23.5. The van der Waals surface area contributed by atoms with Crippen molar-refractivity contribution in [2.45, 2.75) is 45.4 Å². The monoisotopic (exact) mass is 498 g/mol. The minimum atomic E-state index is -0.435. The lowest BCUT2D eigenvalue weighted by Gasteiger charge is -2.28. The van der Waals surface area contributed by atoms with Crippen LogP contribution in [0.2, 0.25) is 5.02 Å². The second kappa shape index (κ2) is 10.3. The van der Waals surface area contributed by atoms with Gasteiger partial charge in [-0.15, -0.1) is 0 Å². The molecule has 0 aromatic heterocycles. The quantitative estimate of drug-likeness (QED) is 0.224. The molecule has 3 atom stereocenters. The molecule has 0 aliphatic heterocycles. The molecule has 35 heavy (non-hydrogen) atoms. The van der Waals surface area contributed by atoms with Crippen LogP contribution in [0.3, 0.4) is 0 Å². The third-order valence-electron chi connectivity index (χ3n) is 6.73. The summed E-state index contributed by atoms with van der Waals surface area (Å²) >= 11 is 6.38. The summed E-state index contributed by atoms with van der Waals surface area (Å²) in [6, 6.07) is 5.66. The number of ether oxygens (including phenoxy) is 4. The fourth-order valence-corrected chi connectivity index (χ4v) is 5.38. The van der Waals surface area contributed by atoms with Crippen LogP contribution < -0.4 is 9.47 Å². The number of esters is 2. The second-order valence-electron chi connectivity index (χ2n) is 9.46. The highest BCUT2D eigenvalue weighted by atomic mass is 35.5. The highest BCUT2D eigenvalue weighted by Gasteiger charge is 2.46. The Balaban J connectivity index is 1.67. The van der Waals surface area contributed by atoms with Gasteiger partial charge in [0.25, 0.3) is 0 Å². The van der Waals surface area contributed by atoms with E-state index in [1.807, 2.05) is 18.2 Å². The fourth-order valence-electron chi connectivity index (χ4n) is 5.21. The zero-order valence-electron chi connectivity index (χ0n) is 20.4. The lowest BCUT2D eigenvalue weighted by molar-refractivity contribution is -0.140. The van der Waals surface area contributed by atoms with Crippen LogP contribution in [-0.2, 0) is 19.1 Å². The molecule has 6 nitrogen and oxygen atoms in total. The van der Waals surface area contributed by atoms with E-state index in [1.165, 1.54) is 5.56 Å². The maximum Gasteiger partial charge on any atom is 0.333 e. The number of fused-ring (bicyclic) bond motifs is 6. The SMILES string of the molecule is C=C(C)C(=O)OCCOc1c2c(c(OCCOC(=O)C(=C)C)c3ccc(Cl)cc13)C1CC2CC1C. The third kappa shape index (κ3) is 5.03. The molecule has 0 radical (unpaired) electrons. The minimum Gasteiger partial charge on any atom is -0.489 e. The average molecular weight is 499 g/mol. The van der Waals surface area contributed by atoms with Gasteiger partial charge in [0, 0.05) is 38.1 Å². The smallest absolute Gasteiger partial charge is 0.333 e. The van der Waals surface area contributed by atoms with Crippen molar-refractivity contribution in [3.05, 3.63) is 58.7 Å². The molecule has 3 unspecified atom stereocenters. The molecule has 0 saturated heterocycles. The molecular weight excluding hydrogens is 468 g/mol. The highest BCUT2D eigenvalue weighted by molar-refractivity contribution is 6.31. The summed E-state index contributed by atoms with van der Waals surface area (Å²) in [5.74, 6) is 1.99. The molecule has 0 N–H and O–H groups in total. The average Bonchev–Trinajstić information content (AvgIpc) is 3.37. The Morgan fingerprint density at radius 1 is 0.886 bits per heavy atom. The number of hydrogen-bond donors (Lipinski definition) is 0. The molecule has 2 aromatic carbocycles. The van der Waals surface area contributed by atoms with Gasteiger partial charge in [0.05, 0.1) is 0 Å². The van der Waals surface area contributed by atoms with Crippen LogP contribution >= 0.6 is 11.6 Å². The van der Waals surface area contributed by atoms with Gasteiger partial charge < -0.3 is 18.9 Å². The van der Waals surface area contributed by atoms with E-state index in [1.54, 1.807) is 13.8 Å². The molecule has 2 aromatic rings. The van der Waals surface area contributed by atoms with Gasteiger partial charge in [-0.1, -0.05) is 31.7 Å². The van der Waals surface area contributed by atoms with Crippen LogP contribution in [0.1, 0.15) is 56.6 Å². The summed E-state index contributed by atoms with van der Waals surface area (Å²) in [6.07, 6.45) is 2.13. The zero-order chi connectivity index (χ0) is 25.3. The molecule has 7 heteroatoms. The van der Waals surface area contributed by atoms with Gasteiger partial charge >= 0.3 is 11.9 Å². The van der Waals surface area contributed by atoms with Crippen molar-refractivity contribution in [3.63, 3.8) is 0 Å². The molecule has 1 fully saturated rings. The summed E-state index contributed by atoms with van der Waals surface area (Å²) in [5.41, 5.74) is 3.03. The first-order valence-electron chi connectivity index (χ1n) is 11.9. The number of carbonyl (C=O) groups is 2. The van der Waals surface area contributed by atoms with Crippen LogP contribution in [0.4, 0.5) is 0 Å². The van der Waals surface area contributed by atoms with Gasteiger partial charge in [0.1, 0.15) is 37.9 Å². The maximum atomic E-state index is 11.7. The molecule has 2 aliphatic carbocycles. The first kappa shape index (κ1) is 25.1. The zero-order valence-corrected chi connectivity index (χ0v) is 21.2. The summed E-state index contributed by atoms with van der Waals surface area (Å²) in [6.45, 7) is 13.4. The van der Waals surface area contributed by atoms with E-state index < -0.39 is 11.9 Å². The van der Waals surface area contributed by atoms with Gasteiger partial charge in [-0.2, -0.15) is 0 Å². The van der Waals surface area contributed by atoms with Crippen molar-refractivity contribution < 1.29 is 28.5 Å². The van der Waals surface area contributed by atoms with Crippen LogP contribution in [0.25, 0.3) is 10.8 Å². The van der Waals surface area contributed by atoms with Crippen molar-refractivity contribution in [1.29, 1.82) is 0 Å². The third-order valence-corrected chi connectivity index (χ3v) is 6.97. The van der Waals surface area contributed by atoms with Gasteiger partial charge in [-0.25, -0.2) is 9.59 Å². The molecule has 4 rings (SSSR count). The maximum absolute atomic E-state index is 11.7. The first-order chi connectivity index (χ1) is 16.7. The predicted octanol–water partition coefficient (Wildman–Crippen LogP) is 6.10. The van der Waals surface area contributed by atoms with Gasteiger partial charge in [0.2, 0.25) is 0 Å². The Bertz CT molecular complexity index is 1200. The predicted molar refractivity (Wildman–Crippen MR) is 135 cm³/mol. The Morgan fingerprint density at radius 2 is 1.46 bits per heavy atom. The topological polar surface area (TPSA) is 71.1 Å². The van der Waals surface area contributed by atoms with Crippen molar-refractivity contribution >= 4 is 34.3 Å². The van der Waals surface area contributed by atoms with E-state index in [-0.39, 0.29) is 26.4 Å². The van der Waals surface area contributed by atoms with Gasteiger partial charge in [-0.3, -0.25) is 0 Å². The number of hydrogen-bond acceptors (Lipinski definition) is 6. The van der Waals surface area contributed by atoms with E-state index in [0.29, 0.717) is 33.9 Å². The first-order valence-corrected chi connectivity index (χ1v) is 12.3. The summed E-state index contributed by atoms with van der Waals surface area (Å²) in [7, 11) is 0. The Labute approximate surface area is 210 Å². The Kier molecular flexibility index (Phi) is 7.41. The largest absolute Gasteiger partial charge is 0.489 e. The minimum absolute atomic E-state index is 0.124. The van der Waals surface area contributed by atoms with Crippen LogP contribution in [0, 0.1) is 5.92 Å². The molecule has 0 spiro atoms.